The minimum atomic E-state index is -0.503. The molecular formula is C19H18N2O3. The molecule has 0 fully saturated rings. The number of rotatable bonds is 5. The second-order valence-corrected chi connectivity index (χ2v) is 5.11. The van der Waals surface area contributed by atoms with Crippen molar-refractivity contribution >= 4 is 17.7 Å². The molecule has 0 aliphatic rings. The van der Waals surface area contributed by atoms with E-state index in [2.05, 4.69) is 5.32 Å². The predicted molar refractivity (Wildman–Crippen MR) is 92.7 cm³/mol. The number of aryl methyl sites for hydroxylation is 1. The number of nitriles is 1. The van der Waals surface area contributed by atoms with Crippen LogP contribution in [0.15, 0.2) is 48.0 Å². The summed E-state index contributed by atoms with van der Waals surface area (Å²) in [6.45, 7) is 2.05. The summed E-state index contributed by atoms with van der Waals surface area (Å²) in [6.07, 6.45) is 2.33. The first-order chi connectivity index (χ1) is 11.6. The summed E-state index contributed by atoms with van der Waals surface area (Å²) >= 11 is 0. The molecule has 24 heavy (non-hydrogen) atoms. The zero-order chi connectivity index (χ0) is 17.5. The molecule has 2 aromatic rings. The highest BCUT2D eigenvalue weighted by Gasteiger charge is 2.10. The van der Waals surface area contributed by atoms with Gasteiger partial charge in [0.1, 0.15) is 11.6 Å². The third kappa shape index (κ3) is 4.14. The maximum Gasteiger partial charge on any atom is 0.266 e. The van der Waals surface area contributed by atoms with Crippen LogP contribution in [0.4, 0.5) is 5.69 Å². The van der Waals surface area contributed by atoms with Gasteiger partial charge in [0.2, 0.25) is 0 Å². The van der Waals surface area contributed by atoms with Gasteiger partial charge in [0.05, 0.1) is 7.11 Å². The molecule has 0 radical (unpaired) electrons. The van der Waals surface area contributed by atoms with Gasteiger partial charge in [-0.15, -0.1) is 0 Å². The van der Waals surface area contributed by atoms with Gasteiger partial charge in [-0.05, 0) is 47.9 Å². The Balaban J connectivity index is 2.18. The number of phenolic OH excluding ortho intramolecular Hbond substituents is 1. The fraction of sp³-hybridized carbons (Fsp3) is 0.158. The van der Waals surface area contributed by atoms with Crippen LogP contribution in [0.2, 0.25) is 0 Å². The number of nitrogens with zero attached hydrogens (tertiary/aromatic N) is 1. The molecule has 0 saturated heterocycles. The highest BCUT2D eigenvalue weighted by atomic mass is 16.5. The smallest absolute Gasteiger partial charge is 0.266 e. The maximum absolute atomic E-state index is 12.2. The monoisotopic (exact) mass is 322 g/mol. The van der Waals surface area contributed by atoms with E-state index in [1.807, 2.05) is 25.1 Å². The van der Waals surface area contributed by atoms with Crippen LogP contribution in [-0.2, 0) is 11.2 Å². The number of amides is 1. The average molecular weight is 322 g/mol. The zero-order valence-electron chi connectivity index (χ0n) is 13.5. The van der Waals surface area contributed by atoms with Crippen molar-refractivity contribution in [2.45, 2.75) is 13.3 Å². The van der Waals surface area contributed by atoms with Crippen LogP contribution in [0.3, 0.4) is 0 Å². The van der Waals surface area contributed by atoms with Gasteiger partial charge in [0.15, 0.2) is 11.5 Å². The summed E-state index contributed by atoms with van der Waals surface area (Å²) in [7, 11) is 1.45. The number of anilines is 1. The van der Waals surface area contributed by atoms with Gasteiger partial charge in [-0.2, -0.15) is 5.26 Å². The maximum atomic E-state index is 12.2. The van der Waals surface area contributed by atoms with E-state index in [1.165, 1.54) is 19.3 Å². The first kappa shape index (κ1) is 17.1. The number of nitrogens with one attached hydrogen (secondary N) is 1. The number of hydrogen-bond donors (Lipinski definition) is 2. The fourth-order valence-corrected chi connectivity index (χ4v) is 2.13. The Morgan fingerprint density at radius 2 is 2.00 bits per heavy atom. The third-order valence-corrected chi connectivity index (χ3v) is 3.50. The molecule has 0 spiro atoms. The van der Waals surface area contributed by atoms with Crippen molar-refractivity contribution in [3.05, 3.63) is 59.2 Å². The molecular weight excluding hydrogens is 304 g/mol. The molecule has 1 amide bonds. The van der Waals surface area contributed by atoms with Crippen molar-refractivity contribution in [3.8, 4) is 17.6 Å². The third-order valence-electron chi connectivity index (χ3n) is 3.50. The number of carbonyl (C=O) groups is 1. The summed E-state index contributed by atoms with van der Waals surface area (Å²) in [5.74, 6) is -0.234. The van der Waals surface area contributed by atoms with Gasteiger partial charge < -0.3 is 15.2 Å². The number of benzene rings is 2. The normalized spacial score (nSPS) is 10.8. The van der Waals surface area contributed by atoms with Crippen LogP contribution in [-0.4, -0.2) is 18.1 Å². The van der Waals surface area contributed by atoms with Crippen LogP contribution >= 0.6 is 0 Å². The predicted octanol–water partition coefficient (Wildman–Crippen LogP) is 3.51. The summed E-state index contributed by atoms with van der Waals surface area (Å²) < 4.78 is 4.96. The summed E-state index contributed by atoms with van der Waals surface area (Å²) in [5, 5.41) is 21.7. The Hall–Kier alpha value is -3.26. The number of ether oxygens (including phenoxy) is 1. The van der Waals surface area contributed by atoms with Crippen molar-refractivity contribution in [1.82, 2.24) is 0 Å². The SMILES string of the molecule is CCc1ccc(NC(=O)/C(C#N)=C\c2ccc(OC)c(O)c2)cc1. The topological polar surface area (TPSA) is 82.4 Å². The summed E-state index contributed by atoms with van der Waals surface area (Å²) in [5.41, 5.74) is 2.26. The van der Waals surface area contributed by atoms with Gasteiger partial charge >= 0.3 is 0 Å². The minimum absolute atomic E-state index is 0.0564. The number of methoxy groups -OCH3 is 1. The molecule has 0 heterocycles. The first-order valence-corrected chi connectivity index (χ1v) is 7.46. The zero-order valence-corrected chi connectivity index (χ0v) is 13.5. The molecule has 5 heteroatoms. The highest BCUT2D eigenvalue weighted by molar-refractivity contribution is 6.09. The van der Waals surface area contributed by atoms with E-state index >= 15 is 0 Å². The molecule has 2 N–H and O–H groups in total. The number of aromatic hydroxyl groups is 1. The lowest BCUT2D eigenvalue weighted by Gasteiger charge is -2.06. The Labute approximate surface area is 140 Å². The molecule has 2 aromatic carbocycles. The van der Waals surface area contributed by atoms with Crippen molar-refractivity contribution in [1.29, 1.82) is 5.26 Å². The lowest BCUT2D eigenvalue weighted by Crippen LogP contribution is -2.13. The molecule has 2 rings (SSSR count). The first-order valence-electron chi connectivity index (χ1n) is 7.46. The van der Waals surface area contributed by atoms with Crippen LogP contribution < -0.4 is 10.1 Å². The molecule has 0 aromatic heterocycles. The Bertz CT molecular complexity index is 802. The van der Waals surface area contributed by atoms with Gasteiger partial charge in [0, 0.05) is 5.69 Å². The van der Waals surface area contributed by atoms with Crippen LogP contribution in [0.1, 0.15) is 18.1 Å². The van der Waals surface area contributed by atoms with Gasteiger partial charge in [-0.3, -0.25) is 4.79 Å². The van der Waals surface area contributed by atoms with Crippen LogP contribution in [0, 0.1) is 11.3 Å². The number of carbonyl (C=O) groups excluding carboxylic acids is 1. The molecule has 0 unspecified atom stereocenters. The minimum Gasteiger partial charge on any atom is -0.504 e. The van der Waals surface area contributed by atoms with Crippen LogP contribution in [0.25, 0.3) is 6.08 Å². The van der Waals surface area contributed by atoms with E-state index < -0.39 is 5.91 Å². The largest absolute Gasteiger partial charge is 0.504 e. The van der Waals surface area contributed by atoms with Crippen molar-refractivity contribution in [2.24, 2.45) is 0 Å². The Morgan fingerprint density at radius 1 is 1.29 bits per heavy atom. The molecule has 122 valence electrons. The second kappa shape index (κ2) is 7.84. The quantitative estimate of drug-likeness (QED) is 0.652. The van der Waals surface area contributed by atoms with Gasteiger partial charge in [-0.1, -0.05) is 25.1 Å². The lowest BCUT2D eigenvalue weighted by molar-refractivity contribution is -0.112. The second-order valence-electron chi connectivity index (χ2n) is 5.11. The van der Waals surface area contributed by atoms with Crippen molar-refractivity contribution in [3.63, 3.8) is 0 Å². The lowest BCUT2D eigenvalue weighted by atomic mass is 10.1. The molecule has 5 nitrogen and oxygen atoms in total. The molecule has 0 aliphatic heterocycles. The Morgan fingerprint density at radius 3 is 2.54 bits per heavy atom. The van der Waals surface area contributed by atoms with E-state index in [-0.39, 0.29) is 11.3 Å². The summed E-state index contributed by atoms with van der Waals surface area (Å²) in [6, 6.07) is 14.0. The number of hydrogen-bond acceptors (Lipinski definition) is 4. The molecule has 0 bridgehead atoms. The highest BCUT2D eigenvalue weighted by Crippen LogP contribution is 2.27. The van der Waals surface area contributed by atoms with E-state index in [0.29, 0.717) is 17.0 Å². The van der Waals surface area contributed by atoms with Gasteiger partial charge in [-0.25, -0.2) is 0 Å². The Kier molecular flexibility index (Phi) is 5.58. The van der Waals surface area contributed by atoms with E-state index in [0.717, 1.165) is 12.0 Å². The molecule has 0 atom stereocenters. The van der Waals surface area contributed by atoms with E-state index in [1.54, 1.807) is 24.3 Å². The standard InChI is InChI=1S/C19H18N2O3/c1-3-13-4-7-16(8-5-13)21-19(23)15(12-20)10-14-6-9-18(24-2)17(22)11-14/h4-11,22H,3H2,1-2H3,(H,21,23)/b15-10-. The average Bonchev–Trinajstić information content (AvgIpc) is 2.60. The van der Waals surface area contributed by atoms with E-state index in [4.69, 9.17) is 4.74 Å². The number of phenols is 1. The van der Waals surface area contributed by atoms with Crippen molar-refractivity contribution in [2.75, 3.05) is 12.4 Å². The summed E-state index contributed by atoms with van der Waals surface area (Å²) in [4.78, 5) is 12.2. The molecule has 0 saturated carbocycles. The van der Waals surface area contributed by atoms with Gasteiger partial charge in [0.25, 0.3) is 5.91 Å². The van der Waals surface area contributed by atoms with E-state index in [9.17, 15) is 15.2 Å². The van der Waals surface area contributed by atoms with Crippen molar-refractivity contribution < 1.29 is 14.6 Å². The van der Waals surface area contributed by atoms with Crippen LogP contribution in [0.5, 0.6) is 11.5 Å². The molecule has 0 aliphatic carbocycles. The fourth-order valence-electron chi connectivity index (χ4n) is 2.13.